The first-order valence-electron chi connectivity index (χ1n) is 11.8. The van der Waals surface area contributed by atoms with Crippen LogP contribution in [0.3, 0.4) is 0 Å². The second-order valence-corrected chi connectivity index (χ2v) is 9.64. The van der Waals surface area contributed by atoms with E-state index in [-0.39, 0.29) is 23.1 Å². The van der Waals surface area contributed by atoms with Gasteiger partial charge in [-0.05, 0) is 41.0 Å². The summed E-state index contributed by atoms with van der Waals surface area (Å²) >= 11 is 0. The van der Waals surface area contributed by atoms with E-state index in [0.717, 1.165) is 28.8 Å². The molecule has 7 rings (SSSR count). The van der Waals surface area contributed by atoms with E-state index < -0.39 is 11.7 Å². The Balaban J connectivity index is 1.47. The molecule has 3 atom stereocenters. The van der Waals surface area contributed by atoms with E-state index in [9.17, 15) is 13.2 Å². The fourth-order valence-corrected chi connectivity index (χ4v) is 5.98. The molecular formula is C29H21F3N4. The summed E-state index contributed by atoms with van der Waals surface area (Å²) in [6.07, 6.45) is 3.18. The molecule has 0 spiro atoms. The van der Waals surface area contributed by atoms with Crippen LogP contribution >= 0.6 is 0 Å². The first kappa shape index (κ1) is 21.2. The van der Waals surface area contributed by atoms with Crippen LogP contribution in [-0.4, -0.2) is 16.1 Å². The lowest BCUT2D eigenvalue weighted by Gasteiger charge is -2.54. The van der Waals surface area contributed by atoms with Gasteiger partial charge in [0, 0.05) is 35.1 Å². The van der Waals surface area contributed by atoms with E-state index in [0.29, 0.717) is 11.4 Å². The fraction of sp³-hybridized carbons (Fsp3) is 0.172. The Labute approximate surface area is 206 Å². The van der Waals surface area contributed by atoms with Gasteiger partial charge in [-0.25, -0.2) is 9.97 Å². The van der Waals surface area contributed by atoms with Crippen molar-refractivity contribution in [3.05, 3.63) is 108 Å². The van der Waals surface area contributed by atoms with E-state index in [1.807, 2.05) is 42.5 Å². The largest absolute Gasteiger partial charge is 0.417 e. The minimum absolute atomic E-state index is 0.139. The molecule has 3 aliphatic rings. The fourth-order valence-electron chi connectivity index (χ4n) is 5.98. The molecule has 0 amide bonds. The van der Waals surface area contributed by atoms with E-state index in [4.69, 9.17) is 9.97 Å². The summed E-state index contributed by atoms with van der Waals surface area (Å²) < 4.78 is 41.6. The van der Waals surface area contributed by atoms with Crippen LogP contribution in [0.5, 0.6) is 0 Å². The van der Waals surface area contributed by atoms with Crippen LogP contribution in [0.2, 0.25) is 0 Å². The van der Waals surface area contributed by atoms with Gasteiger partial charge in [0.05, 0.1) is 5.56 Å². The van der Waals surface area contributed by atoms with Crippen molar-refractivity contribution in [1.29, 1.82) is 0 Å². The molecule has 7 heteroatoms. The van der Waals surface area contributed by atoms with Crippen molar-refractivity contribution in [2.75, 3.05) is 9.80 Å². The molecule has 0 saturated heterocycles. The average molecular weight is 483 g/mol. The first-order chi connectivity index (χ1) is 17.4. The molecule has 3 unspecified atom stereocenters. The van der Waals surface area contributed by atoms with E-state index in [1.54, 1.807) is 24.5 Å². The van der Waals surface area contributed by atoms with E-state index in [1.165, 1.54) is 12.1 Å². The lowest BCUT2D eigenvalue weighted by molar-refractivity contribution is -0.137. The molecule has 0 radical (unpaired) electrons. The molecule has 0 N–H and O–H groups in total. The summed E-state index contributed by atoms with van der Waals surface area (Å²) in [7, 11) is 0. The van der Waals surface area contributed by atoms with Gasteiger partial charge >= 0.3 is 6.18 Å². The van der Waals surface area contributed by atoms with Gasteiger partial charge < -0.3 is 9.80 Å². The second-order valence-electron chi connectivity index (χ2n) is 9.64. The van der Waals surface area contributed by atoms with Gasteiger partial charge in [-0.3, -0.25) is 0 Å². The molecule has 1 aromatic heterocycles. The Morgan fingerprint density at radius 2 is 1.53 bits per heavy atom. The predicted octanol–water partition coefficient (Wildman–Crippen LogP) is 7.24. The number of allylic oxidation sites excluding steroid dienone is 1. The van der Waals surface area contributed by atoms with Crippen molar-refractivity contribution in [1.82, 2.24) is 9.97 Å². The predicted molar refractivity (Wildman–Crippen MR) is 133 cm³/mol. The van der Waals surface area contributed by atoms with Gasteiger partial charge in [-0.15, -0.1) is 0 Å². The third kappa shape index (κ3) is 2.77. The lowest BCUT2D eigenvalue weighted by Crippen LogP contribution is -2.57. The van der Waals surface area contributed by atoms with Crippen molar-refractivity contribution in [3.8, 4) is 11.1 Å². The van der Waals surface area contributed by atoms with Crippen LogP contribution in [0.4, 0.5) is 36.2 Å². The molecule has 2 aliphatic heterocycles. The maximum Gasteiger partial charge on any atom is 0.417 e. The highest BCUT2D eigenvalue weighted by Crippen LogP contribution is 2.60. The van der Waals surface area contributed by atoms with Crippen molar-refractivity contribution in [2.24, 2.45) is 5.92 Å². The maximum absolute atomic E-state index is 13.9. The van der Waals surface area contributed by atoms with Crippen molar-refractivity contribution in [2.45, 2.75) is 24.7 Å². The Morgan fingerprint density at radius 1 is 0.833 bits per heavy atom. The quantitative estimate of drug-likeness (QED) is 0.282. The minimum Gasteiger partial charge on any atom is -0.301 e. The summed E-state index contributed by atoms with van der Waals surface area (Å²) in [5.41, 5.74) is 2.72. The van der Waals surface area contributed by atoms with Gasteiger partial charge in [-0.2, -0.15) is 13.2 Å². The third-order valence-electron chi connectivity index (χ3n) is 7.72. The molecule has 178 valence electrons. The lowest BCUT2D eigenvalue weighted by atomic mass is 9.60. The van der Waals surface area contributed by atoms with Gasteiger partial charge in [0.2, 0.25) is 0 Å². The molecule has 3 aromatic carbocycles. The molecule has 3 heterocycles. The van der Waals surface area contributed by atoms with Crippen molar-refractivity contribution >= 4 is 23.0 Å². The van der Waals surface area contributed by atoms with Gasteiger partial charge in [0.1, 0.15) is 6.17 Å². The highest BCUT2D eigenvalue weighted by molar-refractivity contribution is 5.89. The van der Waals surface area contributed by atoms with Crippen LogP contribution in [0.15, 0.2) is 97.3 Å². The molecule has 4 nitrogen and oxygen atoms in total. The number of hydrogen-bond acceptors (Lipinski definition) is 4. The molecule has 4 aromatic rings. The van der Waals surface area contributed by atoms with E-state index >= 15 is 0 Å². The summed E-state index contributed by atoms with van der Waals surface area (Å²) in [5, 5.41) is 0. The zero-order valence-electron chi connectivity index (χ0n) is 19.3. The number of alkyl halides is 3. The molecule has 0 bridgehead atoms. The van der Waals surface area contributed by atoms with Crippen LogP contribution in [0.25, 0.3) is 11.1 Å². The SMILES string of the molecule is CC12C=CC1C1N(c3ccccc3)c3nccnc3N1c1cc(-c3ccccc3C(F)(F)F)ccc12. The highest BCUT2D eigenvalue weighted by atomic mass is 19.4. The summed E-state index contributed by atoms with van der Waals surface area (Å²) in [4.78, 5) is 13.8. The number of anilines is 4. The van der Waals surface area contributed by atoms with Crippen molar-refractivity contribution in [3.63, 3.8) is 0 Å². The maximum atomic E-state index is 13.9. The zero-order valence-corrected chi connectivity index (χ0v) is 19.3. The highest BCUT2D eigenvalue weighted by Gasteiger charge is 2.57. The molecule has 0 saturated carbocycles. The number of aromatic nitrogens is 2. The van der Waals surface area contributed by atoms with Crippen LogP contribution < -0.4 is 9.80 Å². The standard InChI is InChI=1S/C29H21F3N4/c1-28-14-13-23(28)27-35(19-7-3-2-4-8-19)25-26(34-16-15-33-25)36(27)24-17-18(11-12-22(24)28)20-9-5-6-10-21(20)29(30,31)32/h2-17,23,27H,1H3. The van der Waals surface area contributed by atoms with Gasteiger partial charge in [0.25, 0.3) is 0 Å². The Hall–Kier alpha value is -4.13. The smallest absolute Gasteiger partial charge is 0.301 e. The van der Waals surface area contributed by atoms with Gasteiger partial charge in [0.15, 0.2) is 11.6 Å². The second kappa shape index (κ2) is 7.20. The minimum atomic E-state index is -4.45. The molecule has 0 fully saturated rings. The topological polar surface area (TPSA) is 32.3 Å². The number of rotatable bonds is 2. The monoisotopic (exact) mass is 482 g/mol. The number of benzene rings is 3. The number of nitrogens with zero attached hydrogens (tertiary/aromatic N) is 4. The van der Waals surface area contributed by atoms with Crippen LogP contribution in [-0.2, 0) is 11.6 Å². The van der Waals surface area contributed by atoms with Crippen LogP contribution in [0, 0.1) is 5.92 Å². The number of fused-ring (bicyclic) bond motifs is 8. The molecular weight excluding hydrogens is 461 g/mol. The third-order valence-corrected chi connectivity index (χ3v) is 7.72. The zero-order chi connectivity index (χ0) is 24.7. The Bertz CT molecular complexity index is 1530. The molecule has 36 heavy (non-hydrogen) atoms. The summed E-state index contributed by atoms with van der Waals surface area (Å²) in [6, 6.07) is 21.5. The average Bonchev–Trinajstić information content (AvgIpc) is 3.21. The first-order valence-corrected chi connectivity index (χ1v) is 11.8. The summed E-state index contributed by atoms with van der Waals surface area (Å²) in [6.45, 7) is 2.20. The molecule has 1 aliphatic carbocycles. The Morgan fingerprint density at radius 3 is 2.22 bits per heavy atom. The number of halogens is 3. The van der Waals surface area contributed by atoms with E-state index in [2.05, 4.69) is 28.9 Å². The van der Waals surface area contributed by atoms with Gasteiger partial charge in [-0.1, -0.05) is 67.6 Å². The number of hydrogen-bond donors (Lipinski definition) is 0. The summed E-state index contributed by atoms with van der Waals surface area (Å²) in [5.74, 6) is 1.59. The van der Waals surface area contributed by atoms with Crippen molar-refractivity contribution < 1.29 is 13.2 Å². The number of para-hydroxylation sites is 1. The normalized spacial score (nSPS) is 23.4. The Kier molecular flexibility index (Phi) is 4.23. The van der Waals surface area contributed by atoms with Crippen LogP contribution in [0.1, 0.15) is 18.1 Å².